The maximum Gasteiger partial charge on any atom is 0.251 e. The van der Waals surface area contributed by atoms with Crippen molar-refractivity contribution in [3.63, 3.8) is 0 Å². The number of nitrogens with one attached hydrogen (secondary N) is 1. The van der Waals surface area contributed by atoms with Crippen LogP contribution in [0.3, 0.4) is 0 Å². The van der Waals surface area contributed by atoms with Gasteiger partial charge in [0.05, 0.1) is 7.11 Å². The molecule has 3 aliphatic rings. The molecule has 2 aromatic carbocycles. The Balaban J connectivity index is 1.37. The second-order valence-corrected chi connectivity index (χ2v) is 8.95. The van der Waals surface area contributed by atoms with E-state index in [2.05, 4.69) is 5.32 Å². The summed E-state index contributed by atoms with van der Waals surface area (Å²) in [6.45, 7) is 0.495. The van der Waals surface area contributed by atoms with Gasteiger partial charge in [-0.3, -0.25) is 4.79 Å². The van der Waals surface area contributed by atoms with Gasteiger partial charge < -0.3 is 20.5 Å². The maximum atomic E-state index is 14.5. The molecule has 2 aromatic rings. The van der Waals surface area contributed by atoms with E-state index in [0.717, 1.165) is 56.2 Å². The quantitative estimate of drug-likeness (QED) is 0.686. The summed E-state index contributed by atoms with van der Waals surface area (Å²) in [4.78, 5) is 12.6. The number of rotatable bonds is 7. The minimum Gasteiger partial charge on any atom is -0.497 e. The molecule has 2 bridgehead atoms. The van der Waals surface area contributed by atoms with Gasteiger partial charge in [0, 0.05) is 17.6 Å². The summed E-state index contributed by atoms with van der Waals surface area (Å²) in [6.07, 6.45) is 5.82. The molecule has 0 spiro atoms. The second-order valence-electron chi connectivity index (χ2n) is 8.95. The average molecular weight is 430 g/mol. The van der Waals surface area contributed by atoms with Crippen LogP contribution in [0.2, 0.25) is 0 Å². The molecule has 3 fully saturated rings. The molecule has 1 amide bonds. The second kappa shape index (κ2) is 8.46. The van der Waals surface area contributed by atoms with Gasteiger partial charge in [-0.15, -0.1) is 0 Å². The number of halogens is 2. The summed E-state index contributed by atoms with van der Waals surface area (Å²) in [6, 6.07) is 9.02. The first-order valence-corrected chi connectivity index (χ1v) is 10.6. The van der Waals surface area contributed by atoms with Gasteiger partial charge >= 0.3 is 0 Å². The highest BCUT2D eigenvalue weighted by Gasteiger charge is 2.46. The highest BCUT2D eigenvalue weighted by molar-refractivity contribution is 5.94. The van der Waals surface area contributed by atoms with E-state index in [-0.39, 0.29) is 23.1 Å². The van der Waals surface area contributed by atoms with Gasteiger partial charge in [0.25, 0.3) is 5.91 Å². The van der Waals surface area contributed by atoms with Crippen molar-refractivity contribution in [3.05, 3.63) is 59.2 Å². The number of amides is 1. The summed E-state index contributed by atoms with van der Waals surface area (Å²) < 4.78 is 39.4. The van der Waals surface area contributed by atoms with Gasteiger partial charge in [-0.1, -0.05) is 12.1 Å². The Morgan fingerprint density at radius 2 is 1.61 bits per heavy atom. The molecule has 0 radical (unpaired) electrons. The van der Waals surface area contributed by atoms with E-state index in [1.807, 2.05) is 0 Å². The van der Waals surface area contributed by atoms with Gasteiger partial charge in [-0.2, -0.15) is 0 Å². The fourth-order valence-electron chi connectivity index (χ4n) is 4.63. The van der Waals surface area contributed by atoms with E-state index < -0.39 is 23.3 Å². The van der Waals surface area contributed by atoms with Crippen molar-refractivity contribution in [2.24, 2.45) is 11.1 Å². The highest BCUT2D eigenvalue weighted by atomic mass is 19.1. The number of benzene rings is 2. The van der Waals surface area contributed by atoms with Crippen LogP contribution in [0, 0.1) is 17.0 Å². The Hall–Kier alpha value is -2.67. The number of nitrogens with two attached hydrogens (primary N) is 1. The van der Waals surface area contributed by atoms with E-state index in [1.54, 1.807) is 31.4 Å². The molecule has 3 aliphatic carbocycles. The molecule has 0 atom stereocenters. The molecular formula is C24H28F2N2O3. The summed E-state index contributed by atoms with van der Waals surface area (Å²) in [5, 5.41) is 2.87. The van der Waals surface area contributed by atoms with E-state index >= 15 is 0 Å². The predicted octanol–water partition coefficient (Wildman–Crippen LogP) is 4.33. The summed E-state index contributed by atoms with van der Waals surface area (Å²) >= 11 is 0. The lowest BCUT2D eigenvalue weighted by molar-refractivity contribution is 0.0431. The van der Waals surface area contributed by atoms with Crippen LogP contribution in [0.5, 0.6) is 11.5 Å². The van der Waals surface area contributed by atoms with E-state index in [9.17, 15) is 13.6 Å². The lowest BCUT2D eigenvalue weighted by atomic mass is 9.57. The Labute approximate surface area is 180 Å². The molecule has 5 nitrogen and oxygen atoms in total. The topological polar surface area (TPSA) is 73.6 Å². The number of carbonyl (C=O) groups is 1. The largest absolute Gasteiger partial charge is 0.497 e. The zero-order valence-corrected chi connectivity index (χ0v) is 17.7. The van der Waals surface area contributed by atoms with E-state index in [0.29, 0.717) is 12.3 Å². The fraction of sp³-hybridized carbons (Fsp3) is 0.458. The summed E-state index contributed by atoms with van der Waals surface area (Å²) in [7, 11) is 1.56. The number of hydrogen-bond donors (Lipinski definition) is 2. The monoisotopic (exact) mass is 430 g/mol. The molecule has 7 heteroatoms. The van der Waals surface area contributed by atoms with Crippen molar-refractivity contribution in [1.29, 1.82) is 0 Å². The van der Waals surface area contributed by atoms with Gasteiger partial charge in [0.2, 0.25) is 0 Å². The number of hydrogen-bond acceptors (Lipinski definition) is 4. The lowest BCUT2D eigenvalue weighted by Crippen LogP contribution is -2.54. The molecule has 3 saturated carbocycles. The van der Waals surface area contributed by atoms with Crippen LogP contribution in [0.4, 0.5) is 8.78 Å². The van der Waals surface area contributed by atoms with Crippen LogP contribution in [0.25, 0.3) is 0 Å². The third-order valence-electron chi connectivity index (χ3n) is 6.89. The van der Waals surface area contributed by atoms with Crippen molar-refractivity contribution in [3.8, 4) is 11.5 Å². The Kier molecular flexibility index (Phi) is 5.88. The van der Waals surface area contributed by atoms with Crippen molar-refractivity contribution in [1.82, 2.24) is 5.32 Å². The van der Waals surface area contributed by atoms with E-state index in [4.69, 9.17) is 15.2 Å². The number of fused-ring (bicyclic) bond motifs is 3. The predicted molar refractivity (Wildman–Crippen MR) is 113 cm³/mol. The van der Waals surface area contributed by atoms with Gasteiger partial charge in [0.1, 0.15) is 12.4 Å². The van der Waals surface area contributed by atoms with Crippen LogP contribution in [-0.2, 0) is 6.61 Å². The maximum absolute atomic E-state index is 14.5. The van der Waals surface area contributed by atoms with Crippen LogP contribution in [0.15, 0.2) is 36.4 Å². The first-order valence-electron chi connectivity index (χ1n) is 10.6. The number of ether oxygens (including phenoxy) is 2. The molecule has 5 rings (SSSR count). The third-order valence-corrected chi connectivity index (χ3v) is 6.89. The summed E-state index contributed by atoms with van der Waals surface area (Å²) in [5.74, 6) is -2.10. The zero-order valence-electron chi connectivity index (χ0n) is 17.7. The molecule has 0 heterocycles. The highest BCUT2D eigenvalue weighted by Crippen LogP contribution is 2.50. The average Bonchev–Trinajstić information content (AvgIpc) is 2.78. The number of methoxy groups -OCH3 is 1. The van der Waals surface area contributed by atoms with Crippen LogP contribution in [-0.4, -0.2) is 25.1 Å². The van der Waals surface area contributed by atoms with Crippen molar-refractivity contribution < 1.29 is 23.0 Å². The smallest absolute Gasteiger partial charge is 0.251 e. The molecule has 0 aliphatic heterocycles. The minimum atomic E-state index is -0.903. The van der Waals surface area contributed by atoms with Crippen molar-refractivity contribution in [2.45, 2.75) is 50.7 Å². The van der Waals surface area contributed by atoms with E-state index in [1.165, 1.54) is 0 Å². The molecule has 0 aromatic heterocycles. The minimum absolute atomic E-state index is 0.00543. The molecule has 0 unspecified atom stereocenters. The first-order chi connectivity index (χ1) is 14.8. The third kappa shape index (κ3) is 4.66. The Morgan fingerprint density at radius 1 is 1.03 bits per heavy atom. The molecule has 166 valence electrons. The Morgan fingerprint density at radius 3 is 2.16 bits per heavy atom. The molecule has 31 heavy (non-hydrogen) atoms. The standard InChI is InChI=1S/C24H28F2N2O3/c1-30-18-4-2-16(3-5-18)14-31-21-19(25)12-17(13-20(21)26)22(29)28-15-23-6-9-24(27,10-7-23)11-8-23/h2-5,12-13H,6-11,14-15,27H2,1H3,(H,28,29). The van der Waals surface area contributed by atoms with Crippen LogP contribution < -0.4 is 20.5 Å². The van der Waals surface area contributed by atoms with Crippen molar-refractivity contribution >= 4 is 5.91 Å². The Bertz CT molecular complexity index is 914. The first kappa shape index (κ1) is 21.6. The SMILES string of the molecule is COc1ccc(COc2c(F)cc(C(=O)NCC34CCC(N)(CC3)CC4)cc2F)cc1. The number of carbonyl (C=O) groups excluding carboxylic acids is 1. The van der Waals surface area contributed by atoms with Crippen molar-refractivity contribution in [2.75, 3.05) is 13.7 Å². The molecular weight excluding hydrogens is 402 g/mol. The van der Waals surface area contributed by atoms with Gasteiger partial charge in [0.15, 0.2) is 17.4 Å². The zero-order chi connectivity index (χ0) is 22.1. The fourth-order valence-corrected chi connectivity index (χ4v) is 4.63. The molecule has 0 saturated heterocycles. The van der Waals surface area contributed by atoms with Crippen LogP contribution >= 0.6 is 0 Å². The van der Waals surface area contributed by atoms with Gasteiger partial charge in [-0.25, -0.2) is 8.78 Å². The lowest BCUT2D eigenvalue weighted by Gasteiger charge is -2.52. The normalized spacial score (nSPS) is 24.6. The molecule has 3 N–H and O–H groups in total. The van der Waals surface area contributed by atoms with Crippen LogP contribution in [0.1, 0.15) is 54.4 Å². The summed E-state index contributed by atoms with van der Waals surface area (Å²) in [5.41, 5.74) is 7.03. The van der Waals surface area contributed by atoms with Gasteiger partial charge in [-0.05, 0) is 73.8 Å².